The van der Waals surface area contributed by atoms with Gasteiger partial charge in [-0.15, -0.1) is 6.42 Å². The number of benzene rings is 1. The van der Waals surface area contributed by atoms with Crippen molar-refractivity contribution in [2.45, 2.75) is 12.5 Å². The van der Waals surface area contributed by atoms with Gasteiger partial charge in [-0.05, 0) is 13.0 Å². The normalized spacial score (nSPS) is 11.9. The second kappa shape index (κ2) is 7.64. The maximum atomic E-state index is 12.9. The predicted molar refractivity (Wildman–Crippen MR) is 66.1 cm³/mol. The average molecular weight is 254 g/mol. The lowest BCUT2D eigenvalue weighted by Gasteiger charge is -2.13. The lowest BCUT2D eigenvalue weighted by atomic mass is 10.2. The summed E-state index contributed by atoms with van der Waals surface area (Å²) in [4.78, 5) is 0. The number of halogens is 2. The highest BCUT2D eigenvalue weighted by molar-refractivity contribution is 5.23. The zero-order valence-corrected chi connectivity index (χ0v) is 9.96. The Morgan fingerprint density at radius 2 is 2.00 bits per heavy atom. The number of hydrogen-bond acceptors (Lipinski definition) is 3. The Labute approximate surface area is 105 Å². The SMILES string of the molecule is C#CCNCCC(N)COc1cc(F)cc(F)c1. The van der Waals surface area contributed by atoms with Crippen LogP contribution in [0.5, 0.6) is 5.75 Å². The summed E-state index contributed by atoms with van der Waals surface area (Å²) >= 11 is 0. The first-order chi connectivity index (χ1) is 8.61. The van der Waals surface area contributed by atoms with Gasteiger partial charge in [0.15, 0.2) is 0 Å². The Morgan fingerprint density at radius 3 is 2.61 bits per heavy atom. The fraction of sp³-hybridized carbons (Fsp3) is 0.385. The summed E-state index contributed by atoms with van der Waals surface area (Å²) in [5.74, 6) is 1.24. The van der Waals surface area contributed by atoms with Crippen LogP contribution in [-0.2, 0) is 0 Å². The van der Waals surface area contributed by atoms with Crippen molar-refractivity contribution in [2.75, 3.05) is 19.7 Å². The van der Waals surface area contributed by atoms with Crippen LogP contribution in [0.2, 0.25) is 0 Å². The first-order valence-electron chi connectivity index (χ1n) is 5.60. The Morgan fingerprint density at radius 1 is 1.33 bits per heavy atom. The molecule has 5 heteroatoms. The summed E-state index contributed by atoms with van der Waals surface area (Å²) in [6.45, 7) is 1.36. The van der Waals surface area contributed by atoms with E-state index in [4.69, 9.17) is 16.9 Å². The van der Waals surface area contributed by atoms with Crippen LogP contribution in [0.25, 0.3) is 0 Å². The summed E-state index contributed by atoms with van der Waals surface area (Å²) < 4.78 is 30.9. The maximum Gasteiger partial charge on any atom is 0.129 e. The zero-order chi connectivity index (χ0) is 13.4. The minimum absolute atomic E-state index is 0.138. The molecule has 1 aromatic carbocycles. The van der Waals surface area contributed by atoms with E-state index in [1.807, 2.05) is 0 Å². The van der Waals surface area contributed by atoms with Crippen LogP contribution in [0.4, 0.5) is 8.78 Å². The first-order valence-corrected chi connectivity index (χ1v) is 5.60. The lowest BCUT2D eigenvalue weighted by Crippen LogP contribution is -2.32. The van der Waals surface area contributed by atoms with Gasteiger partial charge in [-0.25, -0.2) is 8.78 Å². The van der Waals surface area contributed by atoms with E-state index < -0.39 is 11.6 Å². The van der Waals surface area contributed by atoms with E-state index in [9.17, 15) is 8.78 Å². The Hall–Kier alpha value is -1.64. The van der Waals surface area contributed by atoms with Crippen molar-refractivity contribution in [1.82, 2.24) is 5.32 Å². The van der Waals surface area contributed by atoms with Crippen molar-refractivity contribution >= 4 is 0 Å². The molecule has 0 aliphatic rings. The van der Waals surface area contributed by atoms with Gasteiger partial charge < -0.3 is 15.8 Å². The van der Waals surface area contributed by atoms with Crippen molar-refractivity contribution in [3.05, 3.63) is 29.8 Å². The molecule has 18 heavy (non-hydrogen) atoms. The molecule has 0 saturated heterocycles. The second-order valence-corrected chi connectivity index (χ2v) is 3.85. The third kappa shape index (κ3) is 5.62. The Kier molecular flexibility index (Phi) is 6.12. The smallest absolute Gasteiger partial charge is 0.129 e. The molecule has 0 fully saturated rings. The lowest BCUT2D eigenvalue weighted by molar-refractivity contribution is 0.279. The molecule has 0 aliphatic carbocycles. The van der Waals surface area contributed by atoms with E-state index in [1.165, 1.54) is 0 Å². The van der Waals surface area contributed by atoms with Crippen molar-refractivity contribution in [3.8, 4) is 18.1 Å². The number of nitrogens with two attached hydrogens (primary N) is 1. The van der Waals surface area contributed by atoms with Crippen LogP contribution >= 0.6 is 0 Å². The van der Waals surface area contributed by atoms with Gasteiger partial charge in [0.25, 0.3) is 0 Å². The minimum Gasteiger partial charge on any atom is -0.492 e. The van der Waals surface area contributed by atoms with Gasteiger partial charge >= 0.3 is 0 Å². The summed E-state index contributed by atoms with van der Waals surface area (Å²) in [5, 5.41) is 2.99. The predicted octanol–water partition coefficient (Wildman–Crippen LogP) is 1.28. The molecule has 0 heterocycles. The standard InChI is InChI=1S/C13H16F2N2O/c1-2-4-17-5-3-12(16)9-18-13-7-10(14)6-11(15)8-13/h1,6-8,12,17H,3-5,9,16H2. The largest absolute Gasteiger partial charge is 0.492 e. The molecule has 98 valence electrons. The number of rotatable bonds is 7. The van der Waals surface area contributed by atoms with Crippen molar-refractivity contribution < 1.29 is 13.5 Å². The van der Waals surface area contributed by atoms with Crippen LogP contribution in [0.1, 0.15) is 6.42 Å². The molecule has 0 saturated carbocycles. The van der Waals surface area contributed by atoms with E-state index in [1.54, 1.807) is 0 Å². The molecule has 0 bridgehead atoms. The quantitative estimate of drug-likeness (QED) is 0.569. The molecule has 0 amide bonds. The summed E-state index contributed by atoms with van der Waals surface area (Å²) in [6, 6.07) is 2.80. The highest BCUT2D eigenvalue weighted by atomic mass is 19.1. The van der Waals surface area contributed by atoms with E-state index in [0.29, 0.717) is 19.5 Å². The highest BCUT2D eigenvalue weighted by Gasteiger charge is 2.05. The fourth-order valence-electron chi connectivity index (χ4n) is 1.35. The third-order valence-corrected chi connectivity index (χ3v) is 2.22. The molecule has 0 aromatic heterocycles. The number of nitrogens with one attached hydrogen (secondary N) is 1. The average Bonchev–Trinajstić information content (AvgIpc) is 2.31. The molecule has 0 spiro atoms. The van der Waals surface area contributed by atoms with Crippen molar-refractivity contribution in [1.29, 1.82) is 0 Å². The Balaban J connectivity index is 2.29. The topological polar surface area (TPSA) is 47.3 Å². The summed E-state index contributed by atoms with van der Waals surface area (Å²) in [7, 11) is 0. The van der Waals surface area contributed by atoms with E-state index in [-0.39, 0.29) is 18.4 Å². The van der Waals surface area contributed by atoms with E-state index in [2.05, 4.69) is 11.2 Å². The van der Waals surface area contributed by atoms with Crippen LogP contribution < -0.4 is 15.8 Å². The molecule has 1 aromatic rings. The molecule has 1 atom stereocenters. The van der Waals surface area contributed by atoms with Gasteiger partial charge in [-0.3, -0.25) is 0 Å². The first kappa shape index (κ1) is 14.4. The number of hydrogen-bond donors (Lipinski definition) is 2. The van der Waals surface area contributed by atoms with Crippen LogP contribution in [0.3, 0.4) is 0 Å². The molecular formula is C13H16F2N2O. The van der Waals surface area contributed by atoms with Gasteiger partial charge in [0.2, 0.25) is 0 Å². The summed E-state index contributed by atoms with van der Waals surface area (Å²) in [5.41, 5.74) is 5.78. The molecule has 3 nitrogen and oxygen atoms in total. The van der Waals surface area contributed by atoms with E-state index >= 15 is 0 Å². The van der Waals surface area contributed by atoms with Gasteiger partial charge in [0, 0.05) is 24.2 Å². The van der Waals surface area contributed by atoms with Crippen LogP contribution in [-0.4, -0.2) is 25.7 Å². The molecule has 3 N–H and O–H groups in total. The van der Waals surface area contributed by atoms with Gasteiger partial charge in [-0.1, -0.05) is 5.92 Å². The molecule has 0 aliphatic heterocycles. The van der Waals surface area contributed by atoms with Crippen LogP contribution in [0, 0.1) is 24.0 Å². The Bertz CT molecular complexity index is 398. The second-order valence-electron chi connectivity index (χ2n) is 3.85. The molecule has 1 unspecified atom stereocenters. The van der Waals surface area contributed by atoms with Crippen molar-refractivity contribution in [2.24, 2.45) is 5.73 Å². The van der Waals surface area contributed by atoms with Gasteiger partial charge in [0.05, 0.1) is 6.54 Å². The third-order valence-electron chi connectivity index (χ3n) is 2.22. The maximum absolute atomic E-state index is 12.9. The molecular weight excluding hydrogens is 238 g/mol. The number of terminal acetylenes is 1. The molecule has 0 radical (unpaired) electrons. The van der Waals surface area contributed by atoms with E-state index in [0.717, 1.165) is 18.2 Å². The van der Waals surface area contributed by atoms with Gasteiger partial charge in [0.1, 0.15) is 24.0 Å². The zero-order valence-electron chi connectivity index (χ0n) is 9.96. The minimum atomic E-state index is -0.672. The fourth-order valence-corrected chi connectivity index (χ4v) is 1.35. The monoisotopic (exact) mass is 254 g/mol. The highest BCUT2D eigenvalue weighted by Crippen LogP contribution is 2.15. The molecule has 1 rings (SSSR count). The van der Waals surface area contributed by atoms with Gasteiger partial charge in [-0.2, -0.15) is 0 Å². The number of ether oxygens (including phenoxy) is 1. The van der Waals surface area contributed by atoms with Crippen molar-refractivity contribution in [3.63, 3.8) is 0 Å². The summed E-state index contributed by atoms with van der Waals surface area (Å²) in [6.07, 6.45) is 5.74. The van der Waals surface area contributed by atoms with Crippen LogP contribution in [0.15, 0.2) is 18.2 Å².